The molecule has 10 heteroatoms. The average molecular weight is 455 g/mol. The topological polar surface area (TPSA) is 87.3 Å². The fraction of sp³-hybridized carbons (Fsp3) is 0.0909. The quantitative estimate of drug-likeness (QED) is 0.165. The predicted molar refractivity (Wildman–Crippen MR) is 117 cm³/mol. The summed E-state index contributed by atoms with van der Waals surface area (Å²) in [6, 6.07) is 18.8. The summed E-state index contributed by atoms with van der Waals surface area (Å²) in [5.41, 5.74) is 1.28. The van der Waals surface area contributed by atoms with Crippen molar-refractivity contribution >= 4 is 28.4 Å². The van der Waals surface area contributed by atoms with Crippen molar-refractivity contribution in [1.29, 1.82) is 0 Å². The number of ether oxygens (including phenoxy) is 1. The van der Waals surface area contributed by atoms with Gasteiger partial charge in [-0.3, -0.25) is 19.5 Å². The summed E-state index contributed by atoms with van der Waals surface area (Å²) in [5, 5.41) is 11.8. The SMILES string of the molecule is O=c1c2ccccc2nc(SCc2cccc([N+](=O)[O-])c2)n1-c1ccc(OC(F)F)cc1. The number of fused-ring (bicyclic) bond motifs is 1. The van der Waals surface area contributed by atoms with Gasteiger partial charge in [0.15, 0.2) is 5.16 Å². The van der Waals surface area contributed by atoms with Crippen LogP contribution in [0, 0.1) is 10.1 Å². The third-order valence-electron chi connectivity index (χ3n) is 4.55. The minimum absolute atomic E-state index is 0.0263. The maximum atomic E-state index is 13.2. The summed E-state index contributed by atoms with van der Waals surface area (Å²) in [5.74, 6) is 0.301. The lowest BCUT2D eigenvalue weighted by molar-refractivity contribution is -0.384. The summed E-state index contributed by atoms with van der Waals surface area (Å²) in [6.45, 7) is -2.95. The van der Waals surface area contributed by atoms with E-state index in [0.717, 1.165) is 0 Å². The lowest BCUT2D eigenvalue weighted by Gasteiger charge is -2.14. The average Bonchev–Trinajstić information content (AvgIpc) is 2.78. The molecule has 1 heterocycles. The van der Waals surface area contributed by atoms with Gasteiger partial charge in [-0.25, -0.2) is 4.98 Å². The Kier molecular flexibility index (Phi) is 6.13. The van der Waals surface area contributed by atoms with E-state index >= 15 is 0 Å². The molecule has 0 atom stereocenters. The number of aromatic nitrogens is 2. The van der Waals surface area contributed by atoms with Crippen LogP contribution in [0.5, 0.6) is 5.75 Å². The fourth-order valence-electron chi connectivity index (χ4n) is 3.12. The van der Waals surface area contributed by atoms with E-state index in [0.29, 0.717) is 33.1 Å². The van der Waals surface area contributed by atoms with Gasteiger partial charge in [0.1, 0.15) is 5.75 Å². The van der Waals surface area contributed by atoms with E-state index in [2.05, 4.69) is 9.72 Å². The molecule has 4 rings (SSSR count). The van der Waals surface area contributed by atoms with Crippen molar-refractivity contribution in [2.24, 2.45) is 0 Å². The van der Waals surface area contributed by atoms with Crippen molar-refractivity contribution < 1.29 is 18.4 Å². The second-order valence-corrected chi connectivity index (χ2v) is 7.58. The molecule has 0 saturated carbocycles. The molecular weight excluding hydrogens is 440 g/mol. The van der Waals surface area contributed by atoms with Crippen LogP contribution in [0.3, 0.4) is 0 Å². The first-order valence-corrected chi connectivity index (χ1v) is 10.3. The molecule has 4 aromatic rings. The molecule has 0 spiro atoms. The molecule has 0 radical (unpaired) electrons. The van der Waals surface area contributed by atoms with Crippen LogP contribution in [0.2, 0.25) is 0 Å². The Balaban J connectivity index is 1.75. The zero-order chi connectivity index (χ0) is 22.7. The van der Waals surface area contributed by atoms with Crippen LogP contribution in [0.15, 0.2) is 82.7 Å². The van der Waals surface area contributed by atoms with Gasteiger partial charge in [0.25, 0.3) is 11.2 Å². The smallest absolute Gasteiger partial charge is 0.387 e. The molecule has 0 N–H and O–H groups in total. The minimum Gasteiger partial charge on any atom is -0.435 e. The number of alkyl halides is 2. The van der Waals surface area contributed by atoms with Gasteiger partial charge < -0.3 is 4.74 Å². The first-order chi connectivity index (χ1) is 15.4. The number of benzene rings is 3. The van der Waals surface area contributed by atoms with Gasteiger partial charge in [0.2, 0.25) is 0 Å². The minimum atomic E-state index is -2.95. The fourth-order valence-corrected chi connectivity index (χ4v) is 4.08. The number of hydrogen-bond acceptors (Lipinski definition) is 6. The number of nitrogens with zero attached hydrogens (tertiary/aromatic N) is 3. The molecule has 0 fully saturated rings. The summed E-state index contributed by atoms with van der Waals surface area (Å²) in [7, 11) is 0. The second kappa shape index (κ2) is 9.15. The molecule has 162 valence electrons. The Morgan fingerprint density at radius 2 is 1.81 bits per heavy atom. The highest BCUT2D eigenvalue weighted by atomic mass is 32.2. The Morgan fingerprint density at radius 1 is 1.06 bits per heavy atom. The molecule has 1 aromatic heterocycles. The number of hydrogen-bond donors (Lipinski definition) is 0. The van der Waals surface area contributed by atoms with E-state index in [9.17, 15) is 23.7 Å². The van der Waals surface area contributed by atoms with E-state index in [-0.39, 0.29) is 17.0 Å². The molecule has 0 aliphatic heterocycles. The summed E-state index contributed by atoms with van der Waals surface area (Å²) < 4.78 is 30.7. The summed E-state index contributed by atoms with van der Waals surface area (Å²) in [6.07, 6.45) is 0. The van der Waals surface area contributed by atoms with Crippen molar-refractivity contribution in [3.63, 3.8) is 0 Å². The molecule has 3 aromatic carbocycles. The van der Waals surface area contributed by atoms with Gasteiger partial charge in [-0.2, -0.15) is 8.78 Å². The zero-order valence-corrected chi connectivity index (χ0v) is 17.2. The van der Waals surface area contributed by atoms with Crippen LogP contribution in [0.4, 0.5) is 14.5 Å². The molecule has 0 saturated heterocycles. The van der Waals surface area contributed by atoms with Gasteiger partial charge in [-0.1, -0.05) is 36.0 Å². The Hall–Kier alpha value is -3.79. The number of nitro benzene ring substituents is 1. The summed E-state index contributed by atoms with van der Waals surface area (Å²) >= 11 is 1.24. The largest absolute Gasteiger partial charge is 0.435 e. The Labute approximate surface area is 184 Å². The first kappa shape index (κ1) is 21.4. The third kappa shape index (κ3) is 4.59. The van der Waals surface area contributed by atoms with Gasteiger partial charge in [0.05, 0.1) is 21.5 Å². The van der Waals surface area contributed by atoms with E-state index in [1.165, 1.54) is 52.7 Å². The van der Waals surface area contributed by atoms with E-state index in [4.69, 9.17) is 0 Å². The number of thioether (sulfide) groups is 1. The van der Waals surface area contributed by atoms with E-state index in [1.807, 2.05) is 0 Å². The summed E-state index contributed by atoms with van der Waals surface area (Å²) in [4.78, 5) is 28.4. The van der Waals surface area contributed by atoms with Gasteiger partial charge in [-0.05, 0) is 42.0 Å². The third-order valence-corrected chi connectivity index (χ3v) is 5.56. The standard InChI is InChI=1S/C22H15F2N3O4S/c23-21(24)31-17-10-8-15(9-11-17)26-20(28)18-6-1-2-7-19(18)25-22(26)32-13-14-4-3-5-16(12-14)27(29)30/h1-12,21H,13H2. The number of non-ortho nitro benzene ring substituents is 1. The maximum absolute atomic E-state index is 13.2. The van der Waals surface area contributed by atoms with Crippen molar-refractivity contribution in [3.05, 3.63) is 98.8 Å². The van der Waals surface area contributed by atoms with E-state index in [1.54, 1.807) is 36.4 Å². The van der Waals surface area contributed by atoms with Crippen LogP contribution in [-0.4, -0.2) is 21.1 Å². The van der Waals surface area contributed by atoms with Crippen LogP contribution < -0.4 is 10.3 Å². The predicted octanol–water partition coefficient (Wildman–Crippen LogP) is 5.19. The lowest BCUT2D eigenvalue weighted by Crippen LogP contribution is -2.21. The molecule has 0 bridgehead atoms. The van der Waals surface area contributed by atoms with Crippen LogP contribution in [0.25, 0.3) is 16.6 Å². The van der Waals surface area contributed by atoms with Crippen LogP contribution >= 0.6 is 11.8 Å². The second-order valence-electron chi connectivity index (χ2n) is 6.64. The van der Waals surface area contributed by atoms with Crippen LogP contribution in [0.1, 0.15) is 5.56 Å². The first-order valence-electron chi connectivity index (χ1n) is 9.35. The van der Waals surface area contributed by atoms with Crippen molar-refractivity contribution in [1.82, 2.24) is 9.55 Å². The van der Waals surface area contributed by atoms with Crippen molar-refractivity contribution in [3.8, 4) is 11.4 Å². The lowest BCUT2D eigenvalue weighted by atomic mass is 10.2. The Bertz CT molecular complexity index is 1340. The van der Waals surface area contributed by atoms with Crippen molar-refractivity contribution in [2.45, 2.75) is 17.5 Å². The molecule has 0 unspecified atom stereocenters. The highest BCUT2D eigenvalue weighted by molar-refractivity contribution is 7.98. The van der Waals surface area contributed by atoms with Gasteiger partial charge in [-0.15, -0.1) is 0 Å². The maximum Gasteiger partial charge on any atom is 0.387 e. The number of nitro groups is 1. The van der Waals surface area contributed by atoms with Gasteiger partial charge in [0, 0.05) is 17.9 Å². The van der Waals surface area contributed by atoms with Crippen molar-refractivity contribution in [2.75, 3.05) is 0 Å². The highest BCUT2D eigenvalue weighted by Crippen LogP contribution is 2.27. The van der Waals surface area contributed by atoms with Gasteiger partial charge >= 0.3 is 6.61 Å². The monoisotopic (exact) mass is 455 g/mol. The molecule has 0 amide bonds. The van der Waals surface area contributed by atoms with Crippen LogP contribution in [-0.2, 0) is 5.75 Å². The molecule has 32 heavy (non-hydrogen) atoms. The van der Waals surface area contributed by atoms with E-state index < -0.39 is 11.5 Å². The normalized spacial score (nSPS) is 11.1. The molecule has 7 nitrogen and oxygen atoms in total. The number of halogens is 2. The number of para-hydroxylation sites is 1. The molecule has 0 aliphatic carbocycles. The molecule has 0 aliphatic rings. The highest BCUT2D eigenvalue weighted by Gasteiger charge is 2.15. The zero-order valence-electron chi connectivity index (χ0n) is 16.4. The Morgan fingerprint density at radius 3 is 2.53 bits per heavy atom. The number of rotatable bonds is 7. The molecular formula is C22H15F2N3O4S.